The maximum absolute atomic E-state index is 12.0. The monoisotopic (exact) mass is 277 g/mol. The summed E-state index contributed by atoms with van der Waals surface area (Å²) in [7, 11) is -3.45. The van der Waals surface area contributed by atoms with E-state index in [2.05, 4.69) is 16.8 Å². The predicted octanol–water partition coefficient (Wildman–Crippen LogP) is 1.01. The average molecular weight is 277 g/mol. The average Bonchev–Trinajstić information content (AvgIpc) is 2.31. The molecule has 6 nitrogen and oxygen atoms in total. The van der Waals surface area contributed by atoms with Crippen molar-refractivity contribution in [1.29, 1.82) is 0 Å². The molecular formula is C11H23N3O3S. The van der Waals surface area contributed by atoms with Crippen LogP contribution in [0, 0.1) is 5.92 Å². The molecule has 1 saturated carbocycles. The van der Waals surface area contributed by atoms with Crippen molar-refractivity contribution >= 4 is 15.9 Å². The van der Waals surface area contributed by atoms with Crippen LogP contribution in [0.15, 0.2) is 5.16 Å². The molecule has 4 N–H and O–H groups in total. The zero-order valence-electron chi connectivity index (χ0n) is 11.2. The molecule has 0 unspecified atom stereocenters. The molecule has 7 heteroatoms. The largest absolute Gasteiger partial charge is 0.409 e. The van der Waals surface area contributed by atoms with Gasteiger partial charge in [0.25, 0.3) is 0 Å². The molecule has 0 radical (unpaired) electrons. The van der Waals surface area contributed by atoms with E-state index in [4.69, 9.17) is 10.9 Å². The summed E-state index contributed by atoms with van der Waals surface area (Å²) in [5.74, 6) is 0.492. The van der Waals surface area contributed by atoms with Crippen LogP contribution in [-0.4, -0.2) is 30.2 Å². The first-order valence-corrected chi connectivity index (χ1v) is 7.79. The van der Waals surface area contributed by atoms with Gasteiger partial charge in [0.05, 0.1) is 10.8 Å². The maximum atomic E-state index is 12.0. The van der Waals surface area contributed by atoms with Crippen LogP contribution in [0.25, 0.3) is 0 Å². The topological polar surface area (TPSA) is 105 Å². The zero-order valence-corrected chi connectivity index (χ0v) is 12.0. The Morgan fingerprint density at radius 1 is 1.44 bits per heavy atom. The van der Waals surface area contributed by atoms with E-state index in [1.807, 2.05) is 0 Å². The van der Waals surface area contributed by atoms with E-state index in [0.29, 0.717) is 18.8 Å². The summed E-state index contributed by atoms with van der Waals surface area (Å²) in [6, 6.07) is 0. The van der Waals surface area contributed by atoms with Gasteiger partial charge < -0.3 is 10.9 Å². The van der Waals surface area contributed by atoms with Gasteiger partial charge >= 0.3 is 0 Å². The normalized spacial score (nSPS) is 30.7. The van der Waals surface area contributed by atoms with E-state index in [-0.39, 0.29) is 5.84 Å². The third-order valence-electron chi connectivity index (χ3n) is 3.68. The van der Waals surface area contributed by atoms with Crippen molar-refractivity contribution in [1.82, 2.24) is 4.72 Å². The van der Waals surface area contributed by atoms with Gasteiger partial charge in [-0.3, -0.25) is 0 Å². The summed E-state index contributed by atoms with van der Waals surface area (Å²) in [6.07, 6.45) is 2.85. The summed E-state index contributed by atoms with van der Waals surface area (Å²) < 4.78 is 26.6. The lowest BCUT2D eigenvalue weighted by atomic mass is 9.77. The Morgan fingerprint density at radius 3 is 2.33 bits per heavy atom. The SMILES string of the molecule is CC1CCC(NS(=O)(=O)C(C)C)(/C(N)=N/O)CC1. The van der Waals surface area contributed by atoms with E-state index in [9.17, 15) is 8.42 Å². The Labute approximate surface area is 109 Å². The van der Waals surface area contributed by atoms with Gasteiger partial charge in [0.2, 0.25) is 10.0 Å². The van der Waals surface area contributed by atoms with Crippen molar-refractivity contribution in [3.05, 3.63) is 0 Å². The van der Waals surface area contributed by atoms with Gasteiger partial charge in [0.15, 0.2) is 5.84 Å². The van der Waals surface area contributed by atoms with Crippen molar-refractivity contribution < 1.29 is 13.6 Å². The van der Waals surface area contributed by atoms with E-state index >= 15 is 0 Å². The summed E-state index contributed by atoms with van der Waals surface area (Å²) in [6.45, 7) is 5.33. The second-order valence-electron chi connectivity index (χ2n) is 5.45. The lowest BCUT2D eigenvalue weighted by Gasteiger charge is -2.39. The van der Waals surface area contributed by atoms with E-state index in [1.54, 1.807) is 13.8 Å². The van der Waals surface area contributed by atoms with Gasteiger partial charge in [0, 0.05) is 0 Å². The molecule has 1 aliphatic rings. The molecule has 0 aliphatic heterocycles. The fourth-order valence-corrected chi connectivity index (χ4v) is 3.24. The second kappa shape index (κ2) is 5.44. The third-order valence-corrected chi connectivity index (χ3v) is 5.60. The molecule has 0 bridgehead atoms. The number of nitrogens with two attached hydrogens (primary N) is 1. The summed E-state index contributed by atoms with van der Waals surface area (Å²) >= 11 is 0. The minimum Gasteiger partial charge on any atom is -0.409 e. The Bertz CT molecular complexity index is 409. The standard InChI is InChI=1S/C11H23N3O3S/c1-8(2)18(16,17)14-11(10(12)13-15)6-4-9(3)5-7-11/h8-9,14-15H,4-7H2,1-3H3,(H2,12,13). The Balaban J connectivity index is 3.01. The molecule has 0 atom stereocenters. The number of amidine groups is 1. The molecular weight excluding hydrogens is 254 g/mol. The molecule has 0 aromatic heterocycles. The van der Waals surface area contributed by atoms with Crippen LogP contribution >= 0.6 is 0 Å². The van der Waals surface area contributed by atoms with Crippen LogP contribution < -0.4 is 10.5 Å². The van der Waals surface area contributed by atoms with Gasteiger partial charge in [-0.15, -0.1) is 0 Å². The number of nitrogens with one attached hydrogen (secondary N) is 1. The molecule has 1 fully saturated rings. The first-order valence-electron chi connectivity index (χ1n) is 6.24. The van der Waals surface area contributed by atoms with E-state index in [1.165, 1.54) is 0 Å². The summed E-state index contributed by atoms with van der Waals surface area (Å²) in [5, 5.41) is 11.4. The van der Waals surface area contributed by atoms with Gasteiger partial charge in [-0.05, 0) is 45.4 Å². The third kappa shape index (κ3) is 3.14. The van der Waals surface area contributed by atoms with Gasteiger partial charge in [-0.2, -0.15) is 0 Å². The molecule has 0 heterocycles. The van der Waals surface area contributed by atoms with Gasteiger partial charge in [-0.25, -0.2) is 13.1 Å². The minimum absolute atomic E-state index is 0.0429. The molecule has 106 valence electrons. The van der Waals surface area contributed by atoms with Crippen molar-refractivity contribution in [2.24, 2.45) is 16.8 Å². The van der Waals surface area contributed by atoms with Crippen LogP contribution in [0.2, 0.25) is 0 Å². The highest BCUT2D eigenvalue weighted by atomic mass is 32.2. The smallest absolute Gasteiger partial charge is 0.214 e. The number of oxime groups is 1. The van der Waals surface area contributed by atoms with Crippen LogP contribution in [0.1, 0.15) is 46.5 Å². The summed E-state index contributed by atoms with van der Waals surface area (Å²) in [4.78, 5) is 0. The number of rotatable bonds is 4. The highest BCUT2D eigenvalue weighted by Gasteiger charge is 2.42. The fourth-order valence-electron chi connectivity index (χ4n) is 2.15. The van der Waals surface area contributed by atoms with Crippen molar-refractivity contribution in [3.63, 3.8) is 0 Å². The molecule has 0 amide bonds. The van der Waals surface area contributed by atoms with Crippen molar-refractivity contribution in [3.8, 4) is 0 Å². The first-order chi connectivity index (χ1) is 8.23. The number of hydrogen-bond acceptors (Lipinski definition) is 4. The van der Waals surface area contributed by atoms with E-state index in [0.717, 1.165) is 12.8 Å². The quantitative estimate of drug-likeness (QED) is 0.308. The minimum atomic E-state index is -3.45. The predicted molar refractivity (Wildman–Crippen MR) is 71.0 cm³/mol. The van der Waals surface area contributed by atoms with Crippen LogP contribution in [-0.2, 0) is 10.0 Å². The highest BCUT2D eigenvalue weighted by molar-refractivity contribution is 7.90. The number of hydrogen-bond donors (Lipinski definition) is 3. The Hall–Kier alpha value is -0.820. The van der Waals surface area contributed by atoms with Crippen LogP contribution in [0.5, 0.6) is 0 Å². The molecule has 1 rings (SSSR count). The van der Waals surface area contributed by atoms with E-state index < -0.39 is 20.8 Å². The van der Waals surface area contributed by atoms with Crippen LogP contribution in [0.4, 0.5) is 0 Å². The fraction of sp³-hybridized carbons (Fsp3) is 0.909. The summed E-state index contributed by atoms with van der Waals surface area (Å²) in [5.41, 5.74) is 4.78. The lowest BCUT2D eigenvalue weighted by Crippen LogP contribution is -2.60. The molecule has 0 aromatic rings. The van der Waals surface area contributed by atoms with Gasteiger partial charge in [0.1, 0.15) is 0 Å². The Morgan fingerprint density at radius 2 is 1.94 bits per heavy atom. The molecule has 0 spiro atoms. The first kappa shape index (κ1) is 15.2. The van der Waals surface area contributed by atoms with Crippen LogP contribution in [0.3, 0.4) is 0 Å². The number of nitrogens with zero attached hydrogens (tertiary/aromatic N) is 1. The van der Waals surface area contributed by atoms with Crippen molar-refractivity contribution in [2.75, 3.05) is 0 Å². The molecule has 0 aromatic carbocycles. The van der Waals surface area contributed by atoms with Crippen molar-refractivity contribution in [2.45, 2.75) is 57.2 Å². The zero-order chi connectivity index (χ0) is 14.0. The highest BCUT2D eigenvalue weighted by Crippen LogP contribution is 2.33. The number of sulfonamides is 1. The lowest BCUT2D eigenvalue weighted by molar-refractivity contribution is 0.266. The maximum Gasteiger partial charge on any atom is 0.214 e. The Kier molecular flexibility index (Phi) is 4.61. The second-order valence-corrected chi connectivity index (χ2v) is 7.68. The molecule has 18 heavy (non-hydrogen) atoms. The van der Waals surface area contributed by atoms with Gasteiger partial charge in [-0.1, -0.05) is 12.1 Å². The molecule has 1 aliphatic carbocycles. The molecule has 0 saturated heterocycles.